The smallest absolute Gasteiger partial charge is 0.233 e. The van der Waals surface area contributed by atoms with Crippen LogP contribution in [0.25, 0.3) is 0 Å². The van der Waals surface area contributed by atoms with E-state index in [1.165, 1.54) is 24.6 Å². The summed E-state index contributed by atoms with van der Waals surface area (Å²) >= 11 is 1.50. The molecule has 3 heterocycles. The van der Waals surface area contributed by atoms with E-state index in [0.29, 0.717) is 12.4 Å². The average Bonchev–Trinajstić information content (AvgIpc) is 3.19. The molecule has 2 aromatic rings. The molecule has 1 aromatic heterocycles. The van der Waals surface area contributed by atoms with Crippen LogP contribution < -0.4 is 9.64 Å². The minimum absolute atomic E-state index is 0.214. The first-order valence-corrected chi connectivity index (χ1v) is 11.1. The van der Waals surface area contributed by atoms with Crippen molar-refractivity contribution in [2.75, 3.05) is 36.9 Å². The molecule has 28 heavy (non-hydrogen) atoms. The molecule has 2 aliphatic rings. The molecule has 2 aliphatic heterocycles. The Morgan fingerprint density at radius 3 is 2.50 bits per heavy atom. The average molecular weight is 402 g/mol. The minimum atomic E-state index is 0.214. The summed E-state index contributed by atoms with van der Waals surface area (Å²) in [5, 5.41) is 9.54. The van der Waals surface area contributed by atoms with Gasteiger partial charge < -0.3 is 14.5 Å². The first kappa shape index (κ1) is 19.1. The Morgan fingerprint density at radius 2 is 1.79 bits per heavy atom. The lowest BCUT2D eigenvalue weighted by molar-refractivity contribution is -0.128. The number of nitrogens with zero attached hydrogens (tertiary/aromatic N) is 5. The Hall–Kier alpha value is -2.22. The lowest BCUT2D eigenvalue weighted by atomic mass is 10.2. The van der Waals surface area contributed by atoms with Crippen molar-refractivity contribution in [3.63, 3.8) is 0 Å². The third-order valence-electron chi connectivity index (χ3n) is 5.23. The molecule has 0 bridgehead atoms. The lowest BCUT2D eigenvalue weighted by Crippen LogP contribution is -2.33. The van der Waals surface area contributed by atoms with E-state index in [0.717, 1.165) is 61.6 Å². The number of aromatic nitrogens is 3. The van der Waals surface area contributed by atoms with E-state index in [9.17, 15) is 4.79 Å². The summed E-state index contributed by atoms with van der Waals surface area (Å²) in [5.41, 5.74) is 1.08. The van der Waals surface area contributed by atoms with Gasteiger partial charge in [0.2, 0.25) is 11.9 Å². The fourth-order valence-corrected chi connectivity index (χ4v) is 4.62. The summed E-state index contributed by atoms with van der Waals surface area (Å²) in [6.07, 6.45) is 4.70. The standard InChI is InChI=1S/C20H27N5O2S/c1-2-27-17-9-7-16(8-10-17)24-13-14-25-19(24)21-22-20(25)28-15-18(26)23-11-5-3-4-6-12-23/h7-10H,2-6,11-15H2,1H3. The van der Waals surface area contributed by atoms with Gasteiger partial charge in [-0.2, -0.15) is 0 Å². The molecule has 1 fully saturated rings. The van der Waals surface area contributed by atoms with Gasteiger partial charge in [0.25, 0.3) is 0 Å². The molecule has 0 N–H and O–H groups in total. The zero-order chi connectivity index (χ0) is 19.3. The van der Waals surface area contributed by atoms with Crippen molar-refractivity contribution in [3.05, 3.63) is 24.3 Å². The highest BCUT2D eigenvalue weighted by molar-refractivity contribution is 7.99. The monoisotopic (exact) mass is 401 g/mol. The van der Waals surface area contributed by atoms with Crippen molar-refractivity contribution in [3.8, 4) is 5.75 Å². The third-order valence-corrected chi connectivity index (χ3v) is 6.18. The number of fused-ring (bicyclic) bond motifs is 1. The van der Waals surface area contributed by atoms with Crippen molar-refractivity contribution < 1.29 is 9.53 Å². The Labute approximate surface area is 170 Å². The Bertz CT molecular complexity index is 799. The molecular formula is C20H27N5O2S. The van der Waals surface area contributed by atoms with Gasteiger partial charge in [0.1, 0.15) is 5.75 Å². The van der Waals surface area contributed by atoms with Crippen LogP contribution >= 0.6 is 11.8 Å². The fourth-order valence-electron chi connectivity index (χ4n) is 3.75. The maximum atomic E-state index is 12.5. The van der Waals surface area contributed by atoms with Crippen LogP contribution in [0.15, 0.2) is 29.4 Å². The van der Waals surface area contributed by atoms with Gasteiger partial charge >= 0.3 is 0 Å². The van der Waals surface area contributed by atoms with Gasteiger partial charge in [0.15, 0.2) is 5.16 Å². The van der Waals surface area contributed by atoms with E-state index in [4.69, 9.17) is 4.74 Å². The largest absolute Gasteiger partial charge is 0.494 e. The van der Waals surface area contributed by atoms with Gasteiger partial charge in [0.05, 0.1) is 12.4 Å². The number of likely N-dealkylation sites (tertiary alicyclic amines) is 1. The zero-order valence-corrected chi connectivity index (χ0v) is 17.2. The maximum absolute atomic E-state index is 12.5. The minimum Gasteiger partial charge on any atom is -0.494 e. The number of thioether (sulfide) groups is 1. The molecule has 0 aliphatic carbocycles. The van der Waals surface area contributed by atoms with Gasteiger partial charge in [-0.15, -0.1) is 10.2 Å². The van der Waals surface area contributed by atoms with Crippen molar-refractivity contribution in [1.29, 1.82) is 0 Å². The molecule has 150 valence electrons. The van der Waals surface area contributed by atoms with Gasteiger partial charge in [0, 0.05) is 31.9 Å². The molecule has 0 saturated carbocycles. The highest BCUT2D eigenvalue weighted by atomic mass is 32.2. The number of benzene rings is 1. The number of hydrogen-bond acceptors (Lipinski definition) is 6. The van der Waals surface area contributed by atoms with Crippen LogP contribution in [-0.2, 0) is 11.3 Å². The van der Waals surface area contributed by atoms with Crippen molar-refractivity contribution in [2.45, 2.75) is 44.3 Å². The number of carbonyl (C=O) groups excluding carboxylic acids is 1. The molecule has 1 saturated heterocycles. The quantitative estimate of drug-likeness (QED) is 0.692. The molecule has 8 heteroatoms. The van der Waals surface area contributed by atoms with Crippen LogP contribution in [0.3, 0.4) is 0 Å². The normalized spacial score (nSPS) is 16.8. The molecule has 4 rings (SSSR count). The number of carbonyl (C=O) groups is 1. The number of rotatable bonds is 6. The Morgan fingerprint density at radius 1 is 1.04 bits per heavy atom. The molecule has 0 spiro atoms. The molecule has 0 radical (unpaired) electrons. The highest BCUT2D eigenvalue weighted by Gasteiger charge is 2.27. The van der Waals surface area contributed by atoms with Crippen LogP contribution in [0, 0.1) is 0 Å². The number of ether oxygens (including phenoxy) is 1. The summed E-state index contributed by atoms with van der Waals surface area (Å²) in [5.74, 6) is 2.36. The predicted octanol–water partition coefficient (Wildman–Crippen LogP) is 3.32. The van der Waals surface area contributed by atoms with Crippen molar-refractivity contribution >= 4 is 29.3 Å². The second-order valence-corrected chi connectivity index (χ2v) is 8.04. The Balaban J connectivity index is 1.39. The molecule has 1 aromatic carbocycles. The van der Waals surface area contributed by atoms with Crippen LogP contribution in [0.2, 0.25) is 0 Å². The topological polar surface area (TPSA) is 63.5 Å². The number of amides is 1. The summed E-state index contributed by atoms with van der Waals surface area (Å²) < 4.78 is 7.63. The SMILES string of the molecule is CCOc1ccc(N2CCn3c(SCC(=O)N4CCCCCC4)nnc32)cc1. The highest BCUT2D eigenvalue weighted by Crippen LogP contribution is 2.33. The summed E-state index contributed by atoms with van der Waals surface area (Å²) in [7, 11) is 0. The maximum Gasteiger partial charge on any atom is 0.233 e. The summed E-state index contributed by atoms with van der Waals surface area (Å²) in [6.45, 7) is 6.11. The van der Waals surface area contributed by atoms with E-state index >= 15 is 0 Å². The van der Waals surface area contributed by atoms with Gasteiger partial charge in [-0.05, 0) is 44.0 Å². The first-order chi connectivity index (χ1) is 13.8. The summed E-state index contributed by atoms with van der Waals surface area (Å²) in [4.78, 5) is 16.7. The molecular weight excluding hydrogens is 374 g/mol. The molecule has 0 unspecified atom stereocenters. The third kappa shape index (κ3) is 4.11. The van der Waals surface area contributed by atoms with Gasteiger partial charge in [-0.25, -0.2) is 0 Å². The summed E-state index contributed by atoms with van der Waals surface area (Å²) in [6, 6.07) is 8.05. The first-order valence-electron chi connectivity index (χ1n) is 10.1. The van der Waals surface area contributed by atoms with Crippen LogP contribution in [0.1, 0.15) is 32.6 Å². The number of anilines is 2. The van der Waals surface area contributed by atoms with E-state index in [2.05, 4.69) is 19.7 Å². The predicted molar refractivity (Wildman–Crippen MR) is 110 cm³/mol. The van der Waals surface area contributed by atoms with Crippen molar-refractivity contribution in [1.82, 2.24) is 19.7 Å². The molecule has 7 nitrogen and oxygen atoms in total. The molecule has 1 amide bonds. The van der Waals surface area contributed by atoms with Crippen LogP contribution in [-0.4, -0.2) is 57.6 Å². The van der Waals surface area contributed by atoms with Crippen LogP contribution in [0.5, 0.6) is 5.75 Å². The molecule has 0 atom stereocenters. The zero-order valence-electron chi connectivity index (χ0n) is 16.3. The van der Waals surface area contributed by atoms with E-state index < -0.39 is 0 Å². The Kier molecular flexibility index (Phi) is 6.04. The van der Waals surface area contributed by atoms with E-state index in [1.54, 1.807) is 0 Å². The fraction of sp³-hybridized carbons (Fsp3) is 0.550. The van der Waals surface area contributed by atoms with E-state index in [1.807, 2.05) is 36.1 Å². The van der Waals surface area contributed by atoms with Crippen molar-refractivity contribution in [2.24, 2.45) is 0 Å². The van der Waals surface area contributed by atoms with Gasteiger partial charge in [-0.1, -0.05) is 24.6 Å². The van der Waals surface area contributed by atoms with Crippen LogP contribution in [0.4, 0.5) is 11.6 Å². The lowest BCUT2D eigenvalue weighted by Gasteiger charge is -2.19. The van der Waals surface area contributed by atoms with E-state index in [-0.39, 0.29) is 5.91 Å². The second-order valence-electron chi connectivity index (χ2n) is 7.10. The van der Waals surface area contributed by atoms with Gasteiger partial charge in [-0.3, -0.25) is 9.36 Å². The number of hydrogen-bond donors (Lipinski definition) is 0. The second kappa shape index (κ2) is 8.86.